The molecule has 3 rings (SSSR count). The summed E-state index contributed by atoms with van der Waals surface area (Å²) in [6, 6.07) is 20.0. The van der Waals surface area contributed by atoms with Crippen molar-refractivity contribution in [2.45, 2.75) is 27.7 Å². The van der Waals surface area contributed by atoms with Gasteiger partial charge in [-0.3, -0.25) is 0 Å². The zero-order chi connectivity index (χ0) is 19.2. The van der Waals surface area contributed by atoms with Crippen LogP contribution in [-0.2, 0) is 0 Å². The molecule has 0 aliphatic heterocycles. The quantitative estimate of drug-likeness (QED) is 0.445. The monoisotopic (exact) mass is 364 g/mol. The highest BCUT2D eigenvalue weighted by atomic mass is 16.5. The van der Waals surface area contributed by atoms with Crippen LogP contribution < -0.4 is 14.2 Å². The highest BCUT2D eigenvalue weighted by Crippen LogP contribution is 2.45. The van der Waals surface area contributed by atoms with Crippen molar-refractivity contribution in [1.29, 1.82) is 0 Å². The maximum absolute atomic E-state index is 6.22. The zero-order valence-corrected chi connectivity index (χ0v) is 16.6. The van der Waals surface area contributed by atoms with Gasteiger partial charge in [-0.15, -0.1) is 0 Å². The van der Waals surface area contributed by atoms with E-state index in [9.17, 15) is 0 Å². The Balaban J connectivity index is 2.11. The third-order valence-electron chi connectivity index (χ3n) is 4.02. The number of hydrogen-bond acceptors (Lipinski definition) is 3. The first kappa shape index (κ1) is 19.1. The van der Waals surface area contributed by atoms with Crippen LogP contribution >= 0.6 is 0 Å². The molecule has 0 spiro atoms. The molecule has 0 atom stereocenters. The summed E-state index contributed by atoms with van der Waals surface area (Å²) in [4.78, 5) is 0. The molecule has 0 saturated heterocycles. The maximum atomic E-state index is 6.22. The first-order valence-electron chi connectivity index (χ1n) is 9.59. The number of fused-ring (bicyclic) bond motifs is 1. The summed E-state index contributed by atoms with van der Waals surface area (Å²) in [5.74, 6) is 3.70. The fourth-order valence-electron chi connectivity index (χ4n) is 2.74. The molecule has 0 unspecified atom stereocenters. The summed E-state index contributed by atoms with van der Waals surface area (Å²) in [5.41, 5.74) is 0. The topological polar surface area (TPSA) is 27.7 Å². The number of ether oxygens (including phenoxy) is 3. The van der Waals surface area contributed by atoms with Gasteiger partial charge in [0.25, 0.3) is 0 Å². The average Bonchev–Trinajstić information content (AvgIpc) is 2.65. The van der Waals surface area contributed by atoms with Gasteiger partial charge in [-0.1, -0.05) is 70.2 Å². The molecule has 0 amide bonds. The molecule has 142 valence electrons. The van der Waals surface area contributed by atoms with Crippen LogP contribution in [0.2, 0.25) is 0 Å². The van der Waals surface area contributed by atoms with Crippen LogP contribution in [0.25, 0.3) is 10.8 Å². The van der Waals surface area contributed by atoms with Crippen molar-refractivity contribution in [3.05, 3.63) is 60.7 Å². The molecule has 0 N–H and O–H groups in total. The molecule has 0 fully saturated rings. The Morgan fingerprint density at radius 2 is 1.30 bits per heavy atom. The molecule has 0 heterocycles. The Labute approximate surface area is 161 Å². The van der Waals surface area contributed by atoms with Gasteiger partial charge in [-0.2, -0.15) is 0 Å². The largest absolute Gasteiger partial charge is 0.489 e. The van der Waals surface area contributed by atoms with Crippen LogP contribution in [0.3, 0.4) is 0 Å². The normalized spacial score (nSPS) is 11.2. The highest BCUT2D eigenvalue weighted by Gasteiger charge is 2.19. The average molecular weight is 364 g/mol. The second-order valence-corrected chi connectivity index (χ2v) is 7.58. The Hall–Kier alpha value is -2.68. The summed E-state index contributed by atoms with van der Waals surface area (Å²) in [6.45, 7) is 9.77. The Bertz CT molecular complexity index is 869. The second kappa shape index (κ2) is 8.81. The van der Waals surface area contributed by atoms with Gasteiger partial charge in [-0.25, -0.2) is 0 Å². The predicted molar refractivity (Wildman–Crippen MR) is 111 cm³/mol. The molecule has 3 nitrogen and oxygen atoms in total. The van der Waals surface area contributed by atoms with E-state index in [2.05, 4.69) is 39.8 Å². The van der Waals surface area contributed by atoms with Gasteiger partial charge in [0.05, 0.1) is 13.2 Å². The lowest BCUT2D eigenvalue weighted by Crippen LogP contribution is -2.10. The van der Waals surface area contributed by atoms with Crippen molar-refractivity contribution >= 4 is 10.8 Å². The van der Waals surface area contributed by atoms with Crippen molar-refractivity contribution in [2.24, 2.45) is 11.8 Å². The molecule has 0 bridgehead atoms. The highest BCUT2D eigenvalue weighted by molar-refractivity contribution is 5.93. The Morgan fingerprint density at radius 3 is 1.96 bits per heavy atom. The molecular formula is C24H28O3. The van der Waals surface area contributed by atoms with Crippen LogP contribution in [0.15, 0.2) is 60.7 Å². The van der Waals surface area contributed by atoms with Gasteiger partial charge in [0, 0.05) is 5.39 Å². The Kier molecular flexibility index (Phi) is 6.23. The molecule has 0 aliphatic carbocycles. The van der Waals surface area contributed by atoms with Gasteiger partial charge in [0.2, 0.25) is 5.75 Å². The summed E-state index contributed by atoms with van der Waals surface area (Å²) in [5, 5.41) is 2.11. The standard InChI is InChI=1S/C24H28O3/c1-17(2)15-25-23-21-13-9-8-10-19(21)14-22(24(23)26-16-18(3)4)27-20-11-6-5-7-12-20/h5-14,17-18H,15-16H2,1-4H3. The second-order valence-electron chi connectivity index (χ2n) is 7.58. The molecule has 0 saturated carbocycles. The number of rotatable bonds is 8. The predicted octanol–water partition coefficient (Wildman–Crippen LogP) is 6.70. The lowest BCUT2D eigenvalue weighted by molar-refractivity contribution is 0.225. The van der Waals surface area contributed by atoms with E-state index in [-0.39, 0.29) is 0 Å². The molecule has 3 aromatic rings. The van der Waals surface area contributed by atoms with E-state index in [0.29, 0.717) is 36.5 Å². The summed E-state index contributed by atoms with van der Waals surface area (Å²) >= 11 is 0. The van der Waals surface area contributed by atoms with E-state index in [1.54, 1.807) is 0 Å². The van der Waals surface area contributed by atoms with Crippen LogP contribution in [0.5, 0.6) is 23.0 Å². The summed E-state index contributed by atoms with van der Waals surface area (Å²) in [6.07, 6.45) is 0. The maximum Gasteiger partial charge on any atom is 0.204 e. The molecule has 0 aromatic heterocycles. The molecule has 3 heteroatoms. The SMILES string of the molecule is CC(C)COc1c(Oc2ccccc2)cc2ccccc2c1OCC(C)C. The van der Waals surface area contributed by atoms with E-state index in [4.69, 9.17) is 14.2 Å². The first-order valence-corrected chi connectivity index (χ1v) is 9.59. The lowest BCUT2D eigenvalue weighted by Gasteiger charge is -2.20. The molecule has 0 aliphatic rings. The fraction of sp³-hybridized carbons (Fsp3) is 0.333. The van der Waals surface area contributed by atoms with Crippen LogP contribution in [0.4, 0.5) is 0 Å². The van der Waals surface area contributed by atoms with Crippen molar-refractivity contribution in [3.63, 3.8) is 0 Å². The van der Waals surface area contributed by atoms with E-state index in [1.165, 1.54) is 0 Å². The minimum Gasteiger partial charge on any atom is -0.489 e. The lowest BCUT2D eigenvalue weighted by atomic mass is 10.1. The minimum absolute atomic E-state index is 0.402. The van der Waals surface area contributed by atoms with E-state index in [1.807, 2.05) is 48.5 Å². The van der Waals surface area contributed by atoms with Gasteiger partial charge in [-0.05, 0) is 35.4 Å². The summed E-state index contributed by atoms with van der Waals surface area (Å²) < 4.78 is 18.6. The number of hydrogen-bond donors (Lipinski definition) is 0. The third kappa shape index (κ3) is 4.94. The van der Waals surface area contributed by atoms with E-state index >= 15 is 0 Å². The van der Waals surface area contributed by atoms with E-state index in [0.717, 1.165) is 22.3 Å². The third-order valence-corrected chi connectivity index (χ3v) is 4.02. The van der Waals surface area contributed by atoms with Gasteiger partial charge in [0.1, 0.15) is 5.75 Å². The number of benzene rings is 3. The smallest absolute Gasteiger partial charge is 0.204 e. The van der Waals surface area contributed by atoms with Crippen molar-refractivity contribution in [1.82, 2.24) is 0 Å². The van der Waals surface area contributed by atoms with Crippen molar-refractivity contribution < 1.29 is 14.2 Å². The van der Waals surface area contributed by atoms with E-state index < -0.39 is 0 Å². The Morgan fingerprint density at radius 1 is 0.704 bits per heavy atom. The van der Waals surface area contributed by atoms with Gasteiger partial charge in [0.15, 0.2) is 11.5 Å². The van der Waals surface area contributed by atoms with Crippen molar-refractivity contribution in [2.75, 3.05) is 13.2 Å². The molecular weight excluding hydrogens is 336 g/mol. The zero-order valence-electron chi connectivity index (χ0n) is 16.6. The van der Waals surface area contributed by atoms with Crippen LogP contribution in [-0.4, -0.2) is 13.2 Å². The molecule has 0 radical (unpaired) electrons. The van der Waals surface area contributed by atoms with Gasteiger partial charge < -0.3 is 14.2 Å². The van der Waals surface area contributed by atoms with Crippen LogP contribution in [0, 0.1) is 11.8 Å². The fourth-order valence-corrected chi connectivity index (χ4v) is 2.74. The van der Waals surface area contributed by atoms with Crippen LogP contribution in [0.1, 0.15) is 27.7 Å². The molecule has 27 heavy (non-hydrogen) atoms. The van der Waals surface area contributed by atoms with Gasteiger partial charge >= 0.3 is 0 Å². The molecule has 3 aromatic carbocycles. The summed E-state index contributed by atoms with van der Waals surface area (Å²) in [7, 11) is 0. The van der Waals surface area contributed by atoms with Crippen molar-refractivity contribution in [3.8, 4) is 23.0 Å². The minimum atomic E-state index is 0.402. The first-order chi connectivity index (χ1) is 13.0. The number of para-hydroxylation sites is 1.